The molecule has 0 aromatic heterocycles. The summed E-state index contributed by atoms with van der Waals surface area (Å²) in [6.45, 7) is 10.6. The second-order valence-corrected chi connectivity index (χ2v) is 8.73. The molecule has 0 heterocycles. The Balaban J connectivity index is 0. The summed E-state index contributed by atoms with van der Waals surface area (Å²) in [5.41, 5.74) is 6.13. The molecule has 0 saturated heterocycles. The van der Waals surface area contributed by atoms with Crippen LogP contribution in [0.5, 0.6) is 0 Å². The van der Waals surface area contributed by atoms with E-state index in [0.717, 1.165) is 6.42 Å². The molecule has 0 radical (unpaired) electrons. The van der Waals surface area contributed by atoms with Gasteiger partial charge in [0.15, 0.2) is 0 Å². The van der Waals surface area contributed by atoms with E-state index in [-0.39, 0.29) is 18.9 Å². The molecule has 0 aromatic rings. The van der Waals surface area contributed by atoms with E-state index in [1.165, 1.54) is 0 Å². The molecule has 0 aliphatic heterocycles. The molecule has 3 heteroatoms. The molecule has 0 bridgehead atoms. The first-order chi connectivity index (χ1) is 3.48. The van der Waals surface area contributed by atoms with Crippen LogP contribution < -0.4 is 24.6 Å². The Bertz CT molecular complexity index is 69.9. The molecule has 0 aliphatic rings. The van der Waals surface area contributed by atoms with E-state index in [1.54, 1.807) is 0 Å². The van der Waals surface area contributed by atoms with Crippen molar-refractivity contribution in [1.82, 2.24) is 0 Å². The third-order valence-electron chi connectivity index (χ3n) is 1.42. The Hall–Kier alpha value is 0.774. The minimum absolute atomic E-state index is 0. The van der Waals surface area contributed by atoms with Crippen LogP contribution in [0.2, 0.25) is 19.6 Å². The maximum absolute atomic E-state index is 5.75. The van der Waals surface area contributed by atoms with Gasteiger partial charge in [-0.15, -0.1) is 0 Å². The van der Waals surface area contributed by atoms with Crippen LogP contribution in [-0.4, -0.2) is 13.7 Å². The van der Waals surface area contributed by atoms with E-state index in [9.17, 15) is 0 Å². The first-order valence-corrected chi connectivity index (χ1v) is 6.61. The summed E-state index contributed by atoms with van der Waals surface area (Å²) in [6.07, 6.45) is 0.885. The predicted octanol–water partition coefficient (Wildman–Crippen LogP) is -1.58. The molecule has 50 valence electrons. The topological polar surface area (TPSA) is 26.0 Å². The van der Waals surface area contributed by atoms with E-state index in [1.807, 2.05) is 0 Å². The van der Waals surface area contributed by atoms with Crippen molar-refractivity contribution in [1.29, 1.82) is 0 Å². The predicted molar refractivity (Wildman–Crippen MR) is 41.3 cm³/mol. The van der Waals surface area contributed by atoms with Crippen molar-refractivity contribution in [2.24, 2.45) is 5.73 Å². The normalized spacial score (nSPS) is 14.3. The van der Waals surface area contributed by atoms with Crippen LogP contribution in [0.25, 0.3) is 0 Å². The average molecular weight is 137 g/mol. The van der Waals surface area contributed by atoms with Crippen LogP contribution in [0.3, 0.4) is 0 Å². The van der Waals surface area contributed by atoms with Gasteiger partial charge in [-0.3, -0.25) is 0 Å². The first-order valence-electron chi connectivity index (χ1n) is 3.03. The standard InChI is InChI=1S/C6H16NSi.Li/c1-5-6(7)8(2,3)4;/h6H,1,5,7H2,2-4H3;/q-1;+1. The van der Waals surface area contributed by atoms with Crippen LogP contribution in [-0.2, 0) is 0 Å². The zero-order chi connectivity index (χ0) is 6.78. The van der Waals surface area contributed by atoms with Gasteiger partial charge >= 0.3 is 18.9 Å². The maximum atomic E-state index is 5.75. The third kappa shape index (κ3) is 5.23. The molecular formula is C6H16LiNSi. The fourth-order valence-electron chi connectivity index (χ4n) is 0.433. The number of rotatable bonds is 2. The van der Waals surface area contributed by atoms with Gasteiger partial charge in [-0.1, -0.05) is 19.6 Å². The zero-order valence-electron chi connectivity index (χ0n) is 7.07. The second kappa shape index (κ2) is 4.57. The molecule has 0 aromatic carbocycles. The van der Waals surface area contributed by atoms with E-state index in [2.05, 4.69) is 26.6 Å². The third-order valence-corrected chi connectivity index (χ3v) is 3.94. The maximum Gasteiger partial charge on any atom is 1.00 e. The van der Waals surface area contributed by atoms with Gasteiger partial charge in [-0.05, 0) is 5.67 Å². The van der Waals surface area contributed by atoms with Gasteiger partial charge in [0.1, 0.15) is 0 Å². The van der Waals surface area contributed by atoms with Crippen LogP contribution >= 0.6 is 0 Å². The molecule has 0 rings (SSSR count). The molecule has 0 saturated carbocycles. The molecule has 2 N–H and O–H groups in total. The Morgan fingerprint density at radius 3 is 1.78 bits per heavy atom. The van der Waals surface area contributed by atoms with Crippen molar-refractivity contribution in [2.45, 2.75) is 31.7 Å². The van der Waals surface area contributed by atoms with Gasteiger partial charge in [0, 0.05) is 0 Å². The van der Waals surface area contributed by atoms with Crippen LogP contribution in [0.15, 0.2) is 0 Å². The van der Waals surface area contributed by atoms with E-state index in [4.69, 9.17) is 5.73 Å². The second-order valence-electron chi connectivity index (χ2n) is 3.26. The van der Waals surface area contributed by atoms with E-state index in [0.29, 0.717) is 5.67 Å². The summed E-state index contributed by atoms with van der Waals surface area (Å²) in [5, 5.41) is 0. The molecular weight excluding hydrogens is 121 g/mol. The average Bonchev–Trinajstić information content (AvgIpc) is 1.62. The minimum Gasteiger partial charge on any atom is -0.342 e. The molecule has 0 spiro atoms. The van der Waals surface area contributed by atoms with Gasteiger partial charge in [0.05, 0.1) is 8.07 Å². The van der Waals surface area contributed by atoms with Crippen LogP contribution in [0, 0.1) is 6.92 Å². The Morgan fingerprint density at radius 2 is 1.78 bits per heavy atom. The smallest absolute Gasteiger partial charge is 0.342 e. The fourth-order valence-corrected chi connectivity index (χ4v) is 1.30. The van der Waals surface area contributed by atoms with Crippen LogP contribution in [0.1, 0.15) is 6.42 Å². The SMILES string of the molecule is [CH2-]CC(N)[Si](C)(C)C.[Li+]. The van der Waals surface area contributed by atoms with Gasteiger partial charge < -0.3 is 12.7 Å². The summed E-state index contributed by atoms with van der Waals surface area (Å²) >= 11 is 0. The van der Waals surface area contributed by atoms with Crippen molar-refractivity contribution in [2.75, 3.05) is 0 Å². The number of nitrogens with two attached hydrogens (primary N) is 1. The summed E-state index contributed by atoms with van der Waals surface area (Å²) in [5.74, 6) is 0. The summed E-state index contributed by atoms with van der Waals surface area (Å²) in [7, 11) is -1.05. The zero-order valence-corrected chi connectivity index (χ0v) is 8.07. The molecule has 0 amide bonds. The van der Waals surface area contributed by atoms with Crippen molar-refractivity contribution >= 4 is 8.07 Å². The Kier molecular flexibility index (Phi) is 6.32. The van der Waals surface area contributed by atoms with Gasteiger partial charge in [0.2, 0.25) is 0 Å². The minimum atomic E-state index is -1.05. The van der Waals surface area contributed by atoms with Crippen molar-refractivity contribution < 1.29 is 18.9 Å². The van der Waals surface area contributed by atoms with Gasteiger partial charge in [0.25, 0.3) is 0 Å². The Morgan fingerprint density at radius 1 is 1.44 bits per heavy atom. The van der Waals surface area contributed by atoms with Gasteiger partial charge in [-0.2, -0.15) is 6.42 Å². The van der Waals surface area contributed by atoms with Crippen LogP contribution in [0.4, 0.5) is 0 Å². The molecule has 0 fully saturated rings. The number of hydrogen-bond donors (Lipinski definition) is 1. The van der Waals surface area contributed by atoms with Crippen molar-refractivity contribution in [3.05, 3.63) is 6.92 Å². The molecule has 1 nitrogen and oxygen atoms in total. The van der Waals surface area contributed by atoms with Crippen molar-refractivity contribution in [3.63, 3.8) is 0 Å². The summed E-state index contributed by atoms with van der Waals surface area (Å²) in [4.78, 5) is 0. The molecule has 9 heavy (non-hydrogen) atoms. The molecule has 1 atom stereocenters. The summed E-state index contributed by atoms with van der Waals surface area (Å²) in [6, 6.07) is 0. The van der Waals surface area contributed by atoms with Crippen molar-refractivity contribution in [3.8, 4) is 0 Å². The molecule has 1 unspecified atom stereocenters. The molecule has 0 aliphatic carbocycles. The number of hydrogen-bond acceptors (Lipinski definition) is 1. The van der Waals surface area contributed by atoms with E-state index < -0.39 is 8.07 Å². The largest absolute Gasteiger partial charge is 1.00 e. The monoisotopic (exact) mass is 137 g/mol. The first kappa shape index (κ1) is 12.5. The summed E-state index contributed by atoms with van der Waals surface area (Å²) < 4.78 is 0. The van der Waals surface area contributed by atoms with Gasteiger partial charge in [-0.25, -0.2) is 0 Å². The quantitative estimate of drug-likeness (QED) is 0.361. The fraction of sp³-hybridized carbons (Fsp3) is 0.833. The van der Waals surface area contributed by atoms with E-state index >= 15 is 0 Å². The Labute approximate surface area is 71.6 Å².